The number of hydrogen-bond donors (Lipinski definition) is 2. The van der Waals surface area contributed by atoms with E-state index in [2.05, 4.69) is 5.32 Å². The van der Waals surface area contributed by atoms with Crippen molar-refractivity contribution in [2.45, 2.75) is 18.9 Å². The van der Waals surface area contributed by atoms with Crippen LogP contribution in [0.2, 0.25) is 0 Å². The number of benzene rings is 2. The summed E-state index contributed by atoms with van der Waals surface area (Å²) in [5, 5.41) is 11.9. The molecule has 1 heterocycles. The number of carboxylic acid groups (broad SMARTS) is 1. The van der Waals surface area contributed by atoms with Crippen molar-refractivity contribution in [1.29, 1.82) is 0 Å². The Morgan fingerprint density at radius 3 is 2.41 bits per heavy atom. The summed E-state index contributed by atoms with van der Waals surface area (Å²) in [4.78, 5) is 38.0. The fourth-order valence-corrected chi connectivity index (χ4v) is 3.98. The van der Waals surface area contributed by atoms with Crippen molar-refractivity contribution < 1.29 is 19.5 Å². The van der Waals surface area contributed by atoms with E-state index >= 15 is 0 Å². The zero-order chi connectivity index (χ0) is 19.4. The molecule has 2 aromatic rings. The predicted octanol–water partition coefficient (Wildman–Crippen LogP) is 3.03. The number of nitrogens with one attached hydrogen (secondary N) is 1. The lowest BCUT2D eigenvalue weighted by atomic mass is 10.0. The number of amides is 2. The SMILES string of the molecule is CC(C(=O)O)c1ccc(NC(=O)C2CSCN2C(=O)c2ccccc2)cc1. The van der Waals surface area contributed by atoms with Crippen molar-refractivity contribution in [3.63, 3.8) is 0 Å². The lowest BCUT2D eigenvalue weighted by Gasteiger charge is -2.23. The number of anilines is 1. The molecule has 2 N–H and O–H groups in total. The van der Waals surface area contributed by atoms with Crippen LogP contribution in [0.25, 0.3) is 0 Å². The second-order valence-electron chi connectivity index (χ2n) is 6.33. The Bertz CT molecular complexity index is 839. The van der Waals surface area contributed by atoms with E-state index in [1.165, 1.54) is 0 Å². The maximum absolute atomic E-state index is 12.7. The standard InChI is InChI=1S/C20H20N2O4S/c1-13(20(25)26)14-7-9-16(10-8-14)21-18(23)17-11-27-12-22(17)19(24)15-5-3-2-4-6-15/h2-10,13,17H,11-12H2,1H3,(H,21,23)(H,25,26). The minimum Gasteiger partial charge on any atom is -0.481 e. The number of aliphatic carboxylic acids is 1. The van der Waals surface area contributed by atoms with Crippen LogP contribution < -0.4 is 5.32 Å². The summed E-state index contributed by atoms with van der Waals surface area (Å²) in [6.45, 7) is 1.61. The molecule has 0 saturated carbocycles. The molecule has 0 spiro atoms. The molecule has 0 aromatic heterocycles. The molecular weight excluding hydrogens is 364 g/mol. The lowest BCUT2D eigenvalue weighted by molar-refractivity contribution is -0.138. The van der Waals surface area contributed by atoms with E-state index in [9.17, 15) is 14.4 Å². The smallest absolute Gasteiger partial charge is 0.310 e. The van der Waals surface area contributed by atoms with Gasteiger partial charge in [-0.2, -0.15) is 0 Å². The molecule has 27 heavy (non-hydrogen) atoms. The van der Waals surface area contributed by atoms with E-state index < -0.39 is 17.9 Å². The molecule has 2 amide bonds. The van der Waals surface area contributed by atoms with Gasteiger partial charge < -0.3 is 15.3 Å². The quantitative estimate of drug-likeness (QED) is 0.827. The van der Waals surface area contributed by atoms with E-state index in [1.807, 2.05) is 6.07 Å². The Labute approximate surface area is 161 Å². The van der Waals surface area contributed by atoms with Gasteiger partial charge in [0.1, 0.15) is 6.04 Å². The van der Waals surface area contributed by atoms with Gasteiger partial charge in [0.15, 0.2) is 0 Å². The molecule has 1 saturated heterocycles. The minimum absolute atomic E-state index is 0.161. The van der Waals surface area contributed by atoms with Crippen molar-refractivity contribution in [1.82, 2.24) is 4.90 Å². The van der Waals surface area contributed by atoms with Crippen molar-refractivity contribution >= 4 is 35.2 Å². The van der Waals surface area contributed by atoms with Gasteiger partial charge >= 0.3 is 5.97 Å². The molecule has 6 nitrogen and oxygen atoms in total. The highest BCUT2D eigenvalue weighted by atomic mass is 32.2. The number of thioether (sulfide) groups is 1. The second kappa shape index (κ2) is 8.26. The number of carbonyl (C=O) groups is 3. The van der Waals surface area contributed by atoms with Crippen LogP contribution in [0.1, 0.15) is 28.8 Å². The van der Waals surface area contributed by atoms with Crippen molar-refractivity contribution in [3.05, 3.63) is 65.7 Å². The Morgan fingerprint density at radius 1 is 1.11 bits per heavy atom. The number of nitrogens with zero attached hydrogens (tertiary/aromatic N) is 1. The van der Waals surface area contributed by atoms with Gasteiger partial charge in [-0.15, -0.1) is 11.8 Å². The van der Waals surface area contributed by atoms with Gasteiger partial charge in [-0.25, -0.2) is 0 Å². The van der Waals surface area contributed by atoms with E-state index in [0.29, 0.717) is 28.4 Å². The predicted molar refractivity (Wildman–Crippen MR) is 105 cm³/mol. The average molecular weight is 384 g/mol. The normalized spacial score (nSPS) is 17.4. The lowest BCUT2D eigenvalue weighted by Crippen LogP contribution is -2.44. The summed E-state index contributed by atoms with van der Waals surface area (Å²) in [5.74, 6) is -0.904. The molecule has 7 heteroatoms. The average Bonchev–Trinajstić information content (AvgIpc) is 3.18. The van der Waals surface area contributed by atoms with Gasteiger partial charge in [0, 0.05) is 17.0 Å². The molecule has 1 fully saturated rings. The number of hydrogen-bond acceptors (Lipinski definition) is 4. The third-order valence-corrected chi connectivity index (χ3v) is 5.53. The highest BCUT2D eigenvalue weighted by molar-refractivity contribution is 7.99. The van der Waals surface area contributed by atoms with Gasteiger partial charge in [0.2, 0.25) is 5.91 Å². The Balaban J connectivity index is 1.68. The van der Waals surface area contributed by atoms with Crippen molar-refractivity contribution in [2.24, 2.45) is 0 Å². The Morgan fingerprint density at radius 2 is 1.78 bits per heavy atom. The van der Waals surface area contributed by atoms with E-state index in [4.69, 9.17) is 5.11 Å². The van der Waals surface area contributed by atoms with Crippen LogP contribution in [0.15, 0.2) is 54.6 Å². The van der Waals surface area contributed by atoms with E-state index in [0.717, 1.165) is 0 Å². The molecule has 0 bridgehead atoms. The zero-order valence-corrected chi connectivity index (χ0v) is 15.6. The van der Waals surface area contributed by atoms with Crippen LogP contribution >= 0.6 is 11.8 Å². The Kier molecular flexibility index (Phi) is 5.81. The van der Waals surface area contributed by atoms with Gasteiger partial charge in [-0.3, -0.25) is 14.4 Å². The molecular formula is C20H20N2O4S. The van der Waals surface area contributed by atoms with Crippen LogP contribution in [0.4, 0.5) is 5.69 Å². The monoisotopic (exact) mass is 384 g/mol. The fourth-order valence-electron chi connectivity index (χ4n) is 2.83. The molecule has 2 unspecified atom stereocenters. The molecule has 0 radical (unpaired) electrons. The fraction of sp³-hybridized carbons (Fsp3) is 0.250. The first kappa shape index (κ1) is 19.0. The van der Waals surface area contributed by atoms with Gasteiger partial charge in [0.25, 0.3) is 5.91 Å². The number of rotatable bonds is 5. The van der Waals surface area contributed by atoms with Crippen LogP contribution in [0, 0.1) is 0 Å². The summed E-state index contributed by atoms with van der Waals surface area (Å²) in [5.41, 5.74) is 1.80. The first-order chi connectivity index (χ1) is 13.0. The van der Waals surface area contributed by atoms with E-state index in [-0.39, 0.29) is 11.8 Å². The van der Waals surface area contributed by atoms with Gasteiger partial charge in [-0.1, -0.05) is 30.3 Å². The molecule has 140 valence electrons. The first-order valence-electron chi connectivity index (χ1n) is 8.55. The van der Waals surface area contributed by atoms with Crippen molar-refractivity contribution in [2.75, 3.05) is 16.9 Å². The Hall–Kier alpha value is -2.80. The van der Waals surface area contributed by atoms with Crippen molar-refractivity contribution in [3.8, 4) is 0 Å². The molecule has 1 aliphatic rings. The van der Waals surface area contributed by atoms with Crippen LogP contribution in [0.5, 0.6) is 0 Å². The molecule has 0 aliphatic carbocycles. The molecule has 2 atom stereocenters. The van der Waals surface area contributed by atoms with Gasteiger partial charge in [0.05, 0.1) is 11.8 Å². The molecule has 2 aromatic carbocycles. The highest BCUT2D eigenvalue weighted by Gasteiger charge is 2.35. The largest absolute Gasteiger partial charge is 0.481 e. The molecule has 1 aliphatic heterocycles. The summed E-state index contributed by atoms with van der Waals surface area (Å²) >= 11 is 1.54. The third-order valence-electron chi connectivity index (χ3n) is 4.52. The summed E-state index contributed by atoms with van der Waals surface area (Å²) < 4.78 is 0. The maximum Gasteiger partial charge on any atom is 0.310 e. The zero-order valence-electron chi connectivity index (χ0n) is 14.8. The number of carboxylic acids is 1. The molecule has 3 rings (SSSR count). The second-order valence-corrected chi connectivity index (χ2v) is 7.33. The van der Waals surface area contributed by atoms with E-state index in [1.54, 1.807) is 72.1 Å². The van der Waals surface area contributed by atoms with Crippen LogP contribution in [-0.4, -0.2) is 45.5 Å². The van der Waals surface area contributed by atoms with Crippen LogP contribution in [0.3, 0.4) is 0 Å². The first-order valence-corrected chi connectivity index (χ1v) is 9.70. The summed E-state index contributed by atoms with van der Waals surface area (Å²) in [6, 6.07) is 15.1. The topological polar surface area (TPSA) is 86.7 Å². The third kappa shape index (κ3) is 4.31. The number of carbonyl (C=O) groups excluding carboxylic acids is 2. The van der Waals surface area contributed by atoms with Gasteiger partial charge in [-0.05, 0) is 36.8 Å². The minimum atomic E-state index is -0.898. The summed E-state index contributed by atoms with van der Waals surface area (Å²) in [7, 11) is 0. The maximum atomic E-state index is 12.7. The highest BCUT2D eigenvalue weighted by Crippen LogP contribution is 2.25. The van der Waals surface area contributed by atoms with Crippen LogP contribution in [-0.2, 0) is 9.59 Å². The summed E-state index contributed by atoms with van der Waals surface area (Å²) in [6.07, 6.45) is 0.